The van der Waals surface area contributed by atoms with Crippen LogP contribution in [-0.4, -0.2) is 39.8 Å². The lowest BCUT2D eigenvalue weighted by atomic mass is 9.66. The van der Waals surface area contributed by atoms with Gasteiger partial charge in [-0.3, -0.25) is 4.72 Å². The van der Waals surface area contributed by atoms with E-state index in [9.17, 15) is 17.2 Å². The predicted molar refractivity (Wildman–Crippen MR) is 142 cm³/mol. The summed E-state index contributed by atoms with van der Waals surface area (Å²) in [6.45, 7) is 6.11. The maximum Gasteiger partial charge on any atom is 0.230 e. The molecule has 1 fully saturated rings. The van der Waals surface area contributed by atoms with Crippen LogP contribution in [0.2, 0.25) is 0 Å². The average Bonchev–Trinajstić information content (AvgIpc) is 3.25. The smallest absolute Gasteiger partial charge is 0.230 e. The summed E-state index contributed by atoms with van der Waals surface area (Å²) in [6, 6.07) is 9.21. The van der Waals surface area contributed by atoms with Crippen LogP contribution in [0.1, 0.15) is 55.1 Å². The number of aromatic nitrogens is 5. The normalized spacial score (nSPS) is 21.1. The van der Waals surface area contributed by atoms with Crippen molar-refractivity contribution in [1.82, 2.24) is 25.1 Å². The van der Waals surface area contributed by atoms with Gasteiger partial charge in [0.25, 0.3) is 0 Å². The zero-order valence-corrected chi connectivity index (χ0v) is 22.6. The predicted octanol–water partition coefficient (Wildman–Crippen LogP) is 5.16. The van der Waals surface area contributed by atoms with Crippen molar-refractivity contribution in [2.24, 2.45) is 5.41 Å². The average molecular weight is 549 g/mol. The van der Waals surface area contributed by atoms with Gasteiger partial charge in [0.1, 0.15) is 17.5 Å². The molecule has 0 amide bonds. The van der Waals surface area contributed by atoms with Crippen molar-refractivity contribution < 1.29 is 17.2 Å². The van der Waals surface area contributed by atoms with Gasteiger partial charge in [-0.25, -0.2) is 32.2 Å². The molecule has 0 spiro atoms. The van der Waals surface area contributed by atoms with Crippen molar-refractivity contribution in [3.63, 3.8) is 0 Å². The number of anilines is 1. The molecule has 3 aromatic heterocycles. The molecule has 2 bridgehead atoms. The van der Waals surface area contributed by atoms with Crippen molar-refractivity contribution in [3.05, 3.63) is 82.9 Å². The molecule has 8 nitrogen and oxygen atoms in total. The third-order valence-electron chi connectivity index (χ3n) is 8.31. The van der Waals surface area contributed by atoms with E-state index in [2.05, 4.69) is 38.7 Å². The molecule has 200 valence electrons. The van der Waals surface area contributed by atoms with Crippen LogP contribution in [-0.2, 0) is 15.4 Å². The minimum Gasteiger partial charge on any atom is -0.267 e. The molecule has 0 saturated heterocycles. The molecule has 2 aliphatic carbocycles. The fraction of sp³-hybridized carbons (Fsp3) is 0.321. The summed E-state index contributed by atoms with van der Waals surface area (Å²) in [7, 11) is -3.47. The Morgan fingerprint density at radius 2 is 1.79 bits per heavy atom. The van der Waals surface area contributed by atoms with Crippen LogP contribution in [0.4, 0.5) is 14.6 Å². The summed E-state index contributed by atoms with van der Waals surface area (Å²) >= 11 is 0. The molecule has 1 saturated carbocycles. The van der Waals surface area contributed by atoms with Gasteiger partial charge in [-0.05, 0) is 72.6 Å². The first-order valence-electron chi connectivity index (χ1n) is 12.5. The summed E-state index contributed by atoms with van der Waals surface area (Å²) in [5, 5.41) is 8.87. The number of benzene rings is 1. The second-order valence-electron chi connectivity index (χ2n) is 10.9. The van der Waals surface area contributed by atoms with Crippen molar-refractivity contribution >= 4 is 15.8 Å². The number of hydrogen-bond donors (Lipinski definition) is 1. The highest BCUT2D eigenvalue weighted by Crippen LogP contribution is 2.69. The van der Waals surface area contributed by atoms with E-state index in [-0.39, 0.29) is 28.4 Å². The van der Waals surface area contributed by atoms with Gasteiger partial charge in [0.15, 0.2) is 5.82 Å². The van der Waals surface area contributed by atoms with Crippen LogP contribution in [0.25, 0.3) is 22.6 Å². The zero-order valence-electron chi connectivity index (χ0n) is 21.8. The first-order valence-corrected chi connectivity index (χ1v) is 14.4. The Morgan fingerprint density at radius 3 is 2.49 bits per heavy atom. The molecular weight excluding hydrogens is 522 g/mol. The minimum atomic E-state index is -3.47. The fourth-order valence-electron chi connectivity index (χ4n) is 6.47. The van der Waals surface area contributed by atoms with Crippen LogP contribution in [0.5, 0.6) is 0 Å². The first-order chi connectivity index (χ1) is 18.4. The van der Waals surface area contributed by atoms with E-state index in [0.29, 0.717) is 17.0 Å². The van der Waals surface area contributed by atoms with Gasteiger partial charge in [-0.1, -0.05) is 19.9 Å². The lowest BCUT2D eigenvalue weighted by Gasteiger charge is -2.37. The van der Waals surface area contributed by atoms with Crippen LogP contribution >= 0.6 is 0 Å². The number of fused-ring (bicyclic) bond motifs is 5. The Morgan fingerprint density at radius 1 is 1.05 bits per heavy atom. The number of pyridine rings is 1. The molecule has 2 atom stereocenters. The zero-order chi connectivity index (χ0) is 27.7. The number of nitrogens with zero attached hydrogens (tertiary/aromatic N) is 5. The monoisotopic (exact) mass is 548 g/mol. The molecule has 0 radical (unpaired) electrons. The highest BCUT2D eigenvalue weighted by Gasteiger charge is 2.65. The largest absolute Gasteiger partial charge is 0.267 e. The highest BCUT2D eigenvalue weighted by atomic mass is 32.2. The van der Waals surface area contributed by atoms with Gasteiger partial charge in [-0.15, -0.1) is 5.10 Å². The Bertz CT molecular complexity index is 1740. The summed E-state index contributed by atoms with van der Waals surface area (Å²) in [5.41, 5.74) is 2.92. The van der Waals surface area contributed by atoms with Crippen LogP contribution < -0.4 is 4.72 Å². The maximum atomic E-state index is 14.5. The van der Waals surface area contributed by atoms with Crippen LogP contribution in [0.15, 0.2) is 48.8 Å². The Labute approximate surface area is 225 Å². The van der Waals surface area contributed by atoms with Crippen LogP contribution in [0.3, 0.4) is 0 Å². The van der Waals surface area contributed by atoms with Crippen LogP contribution in [0, 0.1) is 24.0 Å². The van der Waals surface area contributed by atoms with E-state index in [1.807, 2.05) is 6.07 Å². The quantitative estimate of drug-likeness (QED) is 0.367. The van der Waals surface area contributed by atoms with Gasteiger partial charge in [0.05, 0.1) is 34.3 Å². The molecular formula is C28H26F2N6O2S. The number of halogens is 2. The molecule has 6 rings (SSSR count). The van der Waals surface area contributed by atoms with E-state index >= 15 is 0 Å². The first kappa shape index (κ1) is 25.4. The number of nitrogens with one attached hydrogen (secondary N) is 1. The summed E-state index contributed by atoms with van der Waals surface area (Å²) in [4.78, 5) is 13.7. The van der Waals surface area contributed by atoms with Gasteiger partial charge >= 0.3 is 0 Å². The molecule has 0 unspecified atom stereocenters. The van der Waals surface area contributed by atoms with Gasteiger partial charge in [0.2, 0.25) is 10.0 Å². The molecule has 39 heavy (non-hydrogen) atoms. The molecule has 0 aliphatic heterocycles. The number of hydrogen-bond acceptors (Lipinski definition) is 7. The third-order valence-corrected chi connectivity index (χ3v) is 8.88. The number of sulfonamides is 1. The standard InChI is InChI=1S/C28H26F2N6O2S/c1-15-12-16(14-32-25(15)36-39(4,37)38)26-31-11-9-22(33-26)28-10-8-18(27(28,2)3)17-13-21(34-35-24(17)28)23-19(29)6-5-7-20(23)30/h5-7,9,11-14,18H,8,10H2,1-4H3,(H,32,36)/t18-,28-/m0/s1. The topological polar surface area (TPSA) is 111 Å². The van der Waals surface area contributed by atoms with E-state index < -0.39 is 27.1 Å². The van der Waals surface area contributed by atoms with Gasteiger partial charge in [0, 0.05) is 18.0 Å². The maximum absolute atomic E-state index is 14.5. The fourth-order valence-corrected chi connectivity index (χ4v) is 7.04. The second-order valence-corrected chi connectivity index (χ2v) is 12.6. The van der Waals surface area contributed by atoms with Crippen molar-refractivity contribution in [2.75, 3.05) is 11.0 Å². The summed E-state index contributed by atoms with van der Waals surface area (Å²) < 4.78 is 54.8. The highest BCUT2D eigenvalue weighted by molar-refractivity contribution is 7.92. The SMILES string of the molecule is Cc1cc(-c2nccc([C@@]34CC[C@@H](c5cc(-c6c(F)cccc6F)nnc53)C4(C)C)n2)cnc1NS(C)(=O)=O. The van der Waals surface area contributed by atoms with Crippen molar-refractivity contribution in [1.29, 1.82) is 0 Å². The number of rotatable bonds is 5. The third kappa shape index (κ3) is 3.82. The second kappa shape index (κ2) is 8.57. The lowest BCUT2D eigenvalue weighted by Crippen LogP contribution is -2.38. The van der Waals surface area contributed by atoms with Crippen molar-refractivity contribution in [2.45, 2.75) is 44.9 Å². The van der Waals surface area contributed by atoms with Crippen molar-refractivity contribution in [3.8, 4) is 22.6 Å². The summed E-state index contributed by atoms with van der Waals surface area (Å²) in [5.74, 6) is -0.542. The van der Waals surface area contributed by atoms with E-state index in [1.54, 1.807) is 25.3 Å². The number of aryl methyl sites for hydroxylation is 1. The molecule has 11 heteroatoms. The molecule has 1 N–H and O–H groups in total. The lowest BCUT2D eigenvalue weighted by molar-refractivity contribution is 0.243. The van der Waals surface area contributed by atoms with Gasteiger partial charge in [-0.2, -0.15) is 5.10 Å². The molecule has 2 aliphatic rings. The van der Waals surface area contributed by atoms with E-state index in [4.69, 9.17) is 4.98 Å². The Hall–Kier alpha value is -3.86. The molecule has 3 heterocycles. The molecule has 1 aromatic carbocycles. The Balaban J connectivity index is 1.45. The molecule has 4 aromatic rings. The van der Waals surface area contributed by atoms with E-state index in [0.717, 1.165) is 36.0 Å². The minimum absolute atomic E-state index is 0.111. The summed E-state index contributed by atoms with van der Waals surface area (Å²) in [6.07, 6.45) is 5.98. The van der Waals surface area contributed by atoms with E-state index in [1.165, 1.54) is 24.4 Å². The Kier molecular flexibility index (Phi) is 5.59. The van der Waals surface area contributed by atoms with Gasteiger partial charge < -0.3 is 0 Å².